The number of rotatable bonds is 2. The molecule has 4 rings (SSSR count). The first-order chi connectivity index (χ1) is 13.2. The number of aromatic nitrogens is 4. The van der Waals surface area contributed by atoms with Crippen LogP contribution in [0.1, 0.15) is 74.5 Å². The number of hydrogen-bond donors (Lipinski definition) is 1. The molecule has 0 aromatic carbocycles. The third-order valence-electron chi connectivity index (χ3n) is 6.27. The van der Waals surface area contributed by atoms with Crippen molar-refractivity contribution in [2.45, 2.75) is 70.8 Å². The van der Waals surface area contributed by atoms with Gasteiger partial charge in [-0.3, -0.25) is 14.3 Å². The van der Waals surface area contributed by atoms with Crippen molar-refractivity contribution in [2.24, 2.45) is 0 Å². The molecule has 2 aliphatic rings. The van der Waals surface area contributed by atoms with E-state index >= 15 is 0 Å². The molecule has 7 nitrogen and oxygen atoms in total. The zero-order valence-electron chi connectivity index (χ0n) is 17.2. The Kier molecular flexibility index (Phi) is 4.43. The van der Waals surface area contributed by atoms with Crippen molar-refractivity contribution in [1.82, 2.24) is 24.6 Å². The zero-order valence-corrected chi connectivity index (χ0v) is 17.2. The summed E-state index contributed by atoms with van der Waals surface area (Å²) in [5.41, 5.74) is 2.05. The van der Waals surface area contributed by atoms with Gasteiger partial charge in [-0.2, -0.15) is 5.10 Å². The molecule has 28 heavy (non-hydrogen) atoms. The second-order valence-electron chi connectivity index (χ2n) is 9.12. The predicted molar refractivity (Wildman–Crippen MR) is 107 cm³/mol. The maximum Gasteiger partial charge on any atom is 0.274 e. The van der Waals surface area contributed by atoms with E-state index in [4.69, 9.17) is 4.98 Å². The molecule has 150 valence electrons. The van der Waals surface area contributed by atoms with Crippen LogP contribution in [0.4, 0.5) is 0 Å². The summed E-state index contributed by atoms with van der Waals surface area (Å²) in [7, 11) is 0. The molecule has 1 spiro atoms. The Morgan fingerprint density at radius 2 is 1.96 bits per heavy atom. The molecule has 1 N–H and O–H groups in total. The quantitative estimate of drug-likeness (QED) is 0.863. The van der Waals surface area contributed by atoms with Gasteiger partial charge in [-0.05, 0) is 38.7 Å². The van der Waals surface area contributed by atoms with Gasteiger partial charge >= 0.3 is 0 Å². The SMILES string of the molecule is CCn1ccc(C(=O)N2CCC3(CCc4c3nc(C(C)(C)C)[nH]c4=O)CC2)n1. The molecule has 0 radical (unpaired) electrons. The van der Waals surface area contributed by atoms with Gasteiger partial charge in [-0.1, -0.05) is 20.8 Å². The molecular formula is C21H29N5O2. The van der Waals surface area contributed by atoms with Gasteiger partial charge in [-0.15, -0.1) is 0 Å². The number of nitrogens with one attached hydrogen (secondary N) is 1. The Morgan fingerprint density at radius 1 is 1.25 bits per heavy atom. The number of nitrogens with zero attached hydrogens (tertiary/aromatic N) is 4. The van der Waals surface area contributed by atoms with Gasteiger partial charge < -0.3 is 9.88 Å². The average molecular weight is 383 g/mol. The molecule has 2 aromatic rings. The number of aryl methyl sites for hydroxylation is 1. The summed E-state index contributed by atoms with van der Waals surface area (Å²) >= 11 is 0. The van der Waals surface area contributed by atoms with Crippen LogP contribution in [0.5, 0.6) is 0 Å². The fraction of sp³-hybridized carbons (Fsp3) is 0.619. The van der Waals surface area contributed by atoms with Gasteiger partial charge in [0.05, 0.1) is 5.69 Å². The summed E-state index contributed by atoms with van der Waals surface area (Å²) in [6.45, 7) is 10.3. The van der Waals surface area contributed by atoms with Crippen molar-refractivity contribution < 1.29 is 4.79 Å². The van der Waals surface area contributed by atoms with Crippen molar-refractivity contribution >= 4 is 5.91 Å². The molecule has 1 fully saturated rings. The minimum absolute atomic E-state index is 0.00507. The Bertz CT molecular complexity index is 958. The van der Waals surface area contributed by atoms with Gasteiger partial charge in [0.1, 0.15) is 11.5 Å². The molecule has 0 atom stereocenters. The van der Waals surface area contributed by atoms with Crippen molar-refractivity contribution in [3.63, 3.8) is 0 Å². The van der Waals surface area contributed by atoms with E-state index in [1.54, 1.807) is 10.7 Å². The van der Waals surface area contributed by atoms with Gasteiger partial charge in [-0.25, -0.2) is 4.98 Å². The number of carbonyl (C=O) groups excluding carboxylic acids is 1. The van der Waals surface area contributed by atoms with Crippen LogP contribution in [0.25, 0.3) is 0 Å². The normalized spacial score (nSPS) is 18.5. The number of hydrogen-bond acceptors (Lipinski definition) is 4. The molecule has 2 aromatic heterocycles. The van der Waals surface area contributed by atoms with E-state index in [0.29, 0.717) is 18.8 Å². The fourth-order valence-corrected chi connectivity index (χ4v) is 4.44. The lowest BCUT2D eigenvalue weighted by Gasteiger charge is -2.39. The molecule has 0 saturated carbocycles. The third kappa shape index (κ3) is 3.06. The molecule has 0 unspecified atom stereocenters. The van der Waals surface area contributed by atoms with E-state index in [2.05, 4.69) is 30.9 Å². The Balaban J connectivity index is 1.57. The summed E-state index contributed by atoms with van der Waals surface area (Å²) in [5, 5.41) is 4.35. The van der Waals surface area contributed by atoms with Crippen LogP contribution < -0.4 is 5.56 Å². The van der Waals surface area contributed by atoms with E-state index < -0.39 is 0 Å². The molecule has 3 heterocycles. The monoisotopic (exact) mass is 383 g/mol. The number of amides is 1. The number of fused-ring (bicyclic) bond motifs is 2. The van der Waals surface area contributed by atoms with Gasteiger partial charge in [0, 0.05) is 42.2 Å². The topological polar surface area (TPSA) is 83.9 Å². The second-order valence-corrected chi connectivity index (χ2v) is 9.12. The lowest BCUT2D eigenvalue weighted by Crippen LogP contribution is -2.45. The van der Waals surface area contributed by atoms with E-state index in [9.17, 15) is 9.59 Å². The summed E-state index contributed by atoms with van der Waals surface area (Å²) < 4.78 is 1.77. The first-order valence-electron chi connectivity index (χ1n) is 10.2. The predicted octanol–water partition coefficient (Wildman–Crippen LogP) is 2.40. The van der Waals surface area contributed by atoms with Crippen molar-refractivity contribution in [3.8, 4) is 0 Å². The second kappa shape index (κ2) is 6.57. The molecule has 1 saturated heterocycles. The smallest absolute Gasteiger partial charge is 0.274 e. The zero-order chi connectivity index (χ0) is 20.1. The number of aromatic amines is 1. The lowest BCUT2D eigenvalue weighted by atomic mass is 9.76. The van der Waals surface area contributed by atoms with Crippen LogP contribution in [0.15, 0.2) is 17.1 Å². The van der Waals surface area contributed by atoms with Crippen LogP contribution in [0, 0.1) is 0 Å². The first-order valence-corrected chi connectivity index (χ1v) is 10.2. The molecule has 1 aliphatic carbocycles. The van der Waals surface area contributed by atoms with Crippen molar-refractivity contribution in [2.75, 3.05) is 13.1 Å². The van der Waals surface area contributed by atoms with Crippen LogP contribution in [0.2, 0.25) is 0 Å². The van der Waals surface area contributed by atoms with Crippen LogP contribution in [0.3, 0.4) is 0 Å². The van der Waals surface area contributed by atoms with E-state index in [-0.39, 0.29) is 22.3 Å². The van der Waals surface area contributed by atoms with E-state index in [1.807, 2.05) is 18.0 Å². The number of carbonyl (C=O) groups is 1. The summed E-state index contributed by atoms with van der Waals surface area (Å²) in [5.74, 6) is 0.746. The highest BCUT2D eigenvalue weighted by Gasteiger charge is 2.45. The summed E-state index contributed by atoms with van der Waals surface area (Å²) in [4.78, 5) is 35.2. The molecule has 1 amide bonds. The highest BCUT2D eigenvalue weighted by atomic mass is 16.2. The number of H-pyrrole nitrogens is 1. The highest BCUT2D eigenvalue weighted by molar-refractivity contribution is 5.92. The van der Waals surface area contributed by atoms with Crippen LogP contribution in [-0.4, -0.2) is 43.6 Å². The summed E-state index contributed by atoms with van der Waals surface area (Å²) in [6, 6.07) is 1.79. The largest absolute Gasteiger partial charge is 0.337 e. The summed E-state index contributed by atoms with van der Waals surface area (Å²) in [6.07, 6.45) is 5.26. The Morgan fingerprint density at radius 3 is 2.57 bits per heavy atom. The average Bonchev–Trinajstić information content (AvgIpc) is 3.27. The molecule has 1 aliphatic heterocycles. The van der Waals surface area contributed by atoms with Gasteiger partial charge in [0.25, 0.3) is 11.5 Å². The Hall–Kier alpha value is -2.44. The maximum atomic E-state index is 12.8. The first kappa shape index (κ1) is 18.9. The molecule has 0 bridgehead atoms. The van der Waals surface area contributed by atoms with Crippen LogP contribution in [-0.2, 0) is 23.8 Å². The van der Waals surface area contributed by atoms with Crippen molar-refractivity contribution in [1.29, 1.82) is 0 Å². The molecular weight excluding hydrogens is 354 g/mol. The van der Waals surface area contributed by atoms with Gasteiger partial charge in [0.15, 0.2) is 0 Å². The molecule has 7 heteroatoms. The number of likely N-dealkylation sites (tertiary alicyclic amines) is 1. The highest BCUT2D eigenvalue weighted by Crippen LogP contribution is 2.44. The Labute approximate surface area is 165 Å². The standard InChI is InChI=1S/C21H29N5O2/c1-5-26-11-7-15(24-26)18(28)25-12-9-21(10-13-25)8-6-14-16(21)22-19(20(2,3)4)23-17(14)27/h7,11H,5-6,8-10,12-13H2,1-4H3,(H,22,23,27). The maximum absolute atomic E-state index is 12.8. The third-order valence-corrected chi connectivity index (χ3v) is 6.27. The number of piperidine rings is 1. The van der Waals surface area contributed by atoms with E-state index in [0.717, 1.165) is 49.3 Å². The van der Waals surface area contributed by atoms with Gasteiger partial charge in [0.2, 0.25) is 0 Å². The minimum Gasteiger partial charge on any atom is -0.337 e. The fourth-order valence-electron chi connectivity index (χ4n) is 4.44. The minimum atomic E-state index is -0.202. The lowest BCUT2D eigenvalue weighted by molar-refractivity contribution is 0.0656. The van der Waals surface area contributed by atoms with Crippen molar-refractivity contribution in [3.05, 3.63) is 45.4 Å². The van der Waals surface area contributed by atoms with Crippen LogP contribution >= 0.6 is 0 Å². The van der Waals surface area contributed by atoms with E-state index in [1.165, 1.54) is 0 Å².